The van der Waals surface area contributed by atoms with Gasteiger partial charge in [0.05, 0.1) is 11.5 Å². The lowest BCUT2D eigenvalue weighted by Gasteiger charge is -2.08. The van der Waals surface area contributed by atoms with Crippen molar-refractivity contribution in [2.24, 2.45) is 5.10 Å². The monoisotopic (exact) mass is 376 g/mol. The normalized spacial score (nSPS) is 10.3. The molecule has 6 heteroatoms. The molecule has 136 valence electrons. The quantitative estimate of drug-likeness (QED) is 0.308. The molecule has 0 aliphatic heterocycles. The van der Waals surface area contributed by atoms with Gasteiger partial charge in [-0.3, -0.25) is 4.79 Å². The van der Waals surface area contributed by atoms with Crippen LogP contribution in [0.2, 0.25) is 0 Å². The summed E-state index contributed by atoms with van der Waals surface area (Å²) in [4.78, 5) is 20.9. The average Bonchev–Trinajstić information content (AvgIpc) is 2.67. The number of nitrogens with one attached hydrogen (secondary N) is 1. The fourth-order valence-electron chi connectivity index (χ4n) is 2.53. The second kappa shape index (κ2) is 9.09. The number of carbonyl (C=O) groups excluding carboxylic acids is 1. The van der Waals surface area contributed by atoms with Gasteiger partial charge in [-0.25, -0.2) is 15.4 Å². The largest absolute Gasteiger partial charge is 0.272 e. The van der Waals surface area contributed by atoms with Gasteiger partial charge in [0, 0.05) is 22.5 Å². The van der Waals surface area contributed by atoms with Crippen molar-refractivity contribution in [3.05, 3.63) is 89.2 Å². The van der Waals surface area contributed by atoms with Crippen molar-refractivity contribution in [1.29, 1.82) is 0 Å². The van der Waals surface area contributed by atoms with E-state index in [1.54, 1.807) is 0 Å². The molecule has 0 atom stereocenters. The molecule has 0 radical (unpaired) electrons. The summed E-state index contributed by atoms with van der Waals surface area (Å²) in [5.74, 6) is -0.00407. The molecule has 2 aromatic carbocycles. The molecule has 27 heavy (non-hydrogen) atoms. The standard InChI is InChI=1S/C21H20N4OS/c1-15-13-16(2)23-21(22-15)27-14-19(26)24-25-20(17-9-5-3-6-10-17)18-11-7-4-8-12-18/h3-13H,14H2,1-2H3,(H,24,26). The fraction of sp³-hybridized carbons (Fsp3) is 0.143. The summed E-state index contributed by atoms with van der Waals surface area (Å²) in [7, 11) is 0. The molecule has 1 aromatic heterocycles. The Bertz CT molecular complexity index is 881. The van der Waals surface area contributed by atoms with Gasteiger partial charge < -0.3 is 0 Å². The van der Waals surface area contributed by atoms with Crippen molar-refractivity contribution >= 4 is 23.4 Å². The Morgan fingerprint density at radius 1 is 0.926 bits per heavy atom. The van der Waals surface area contributed by atoms with Crippen LogP contribution in [-0.4, -0.2) is 27.3 Å². The summed E-state index contributed by atoms with van der Waals surface area (Å²) in [5, 5.41) is 4.97. The van der Waals surface area contributed by atoms with Crippen molar-refractivity contribution in [3.8, 4) is 0 Å². The molecule has 1 amide bonds. The number of carbonyl (C=O) groups is 1. The number of rotatable bonds is 6. The molecule has 0 unspecified atom stereocenters. The predicted molar refractivity (Wildman–Crippen MR) is 109 cm³/mol. The second-order valence-electron chi connectivity index (χ2n) is 5.95. The maximum Gasteiger partial charge on any atom is 0.250 e. The van der Waals surface area contributed by atoms with E-state index >= 15 is 0 Å². The molecule has 0 fully saturated rings. The minimum absolute atomic E-state index is 0.198. The number of aryl methyl sites for hydroxylation is 2. The SMILES string of the molecule is Cc1cc(C)nc(SCC(=O)NN=C(c2ccccc2)c2ccccc2)n1. The van der Waals surface area contributed by atoms with Gasteiger partial charge in [-0.15, -0.1) is 0 Å². The van der Waals surface area contributed by atoms with Crippen molar-refractivity contribution in [3.63, 3.8) is 0 Å². The number of nitrogens with zero attached hydrogens (tertiary/aromatic N) is 3. The average molecular weight is 376 g/mol. The molecule has 0 saturated carbocycles. The number of hydrogen-bond acceptors (Lipinski definition) is 5. The summed E-state index contributed by atoms with van der Waals surface area (Å²) in [5.41, 5.74) is 7.03. The molecule has 0 aliphatic carbocycles. The van der Waals surface area contributed by atoms with Gasteiger partial charge >= 0.3 is 0 Å². The van der Waals surface area contributed by atoms with Crippen LogP contribution in [0.3, 0.4) is 0 Å². The van der Waals surface area contributed by atoms with Gasteiger partial charge in [0.15, 0.2) is 5.16 Å². The molecule has 0 saturated heterocycles. The Labute approximate surface area is 163 Å². The van der Waals surface area contributed by atoms with Gasteiger partial charge in [-0.2, -0.15) is 5.10 Å². The summed E-state index contributed by atoms with van der Waals surface area (Å²) in [6.07, 6.45) is 0. The van der Waals surface area contributed by atoms with Crippen LogP contribution >= 0.6 is 11.8 Å². The van der Waals surface area contributed by atoms with Crippen molar-refractivity contribution < 1.29 is 4.79 Å². The van der Waals surface area contributed by atoms with Crippen molar-refractivity contribution in [1.82, 2.24) is 15.4 Å². The molecular formula is C21H20N4OS. The molecule has 1 heterocycles. The third-order valence-electron chi connectivity index (χ3n) is 3.68. The van der Waals surface area contributed by atoms with E-state index in [1.807, 2.05) is 80.6 Å². The summed E-state index contributed by atoms with van der Waals surface area (Å²) in [6.45, 7) is 3.82. The predicted octanol–water partition coefficient (Wildman–Crippen LogP) is 3.75. The van der Waals surface area contributed by atoms with E-state index in [9.17, 15) is 4.79 Å². The Morgan fingerprint density at radius 3 is 1.96 bits per heavy atom. The number of hydrazone groups is 1. The van der Waals surface area contributed by atoms with Gasteiger partial charge in [0.25, 0.3) is 5.91 Å². The highest BCUT2D eigenvalue weighted by Gasteiger charge is 2.09. The first-order chi connectivity index (χ1) is 13.1. The lowest BCUT2D eigenvalue weighted by Crippen LogP contribution is -2.22. The van der Waals surface area contributed by atoms with E-state index in [1.165, 1.54) is 11.8 Å². The van der Waals surface area contributed by atoms with Crippen molar-refractivity contribution in [2.45, 2.75) is 19.0 Å². The molecule has 3 aromatic rings. The van der Waals surface area contributed by atoms with Crippen LogP contribution in [0.1, 0.15) is 22.5 Å². The third kappa shape index (κ3) is 5.49. The fourth-order valence-corrected chi connectivity index (χ4v) is 3.27. The Balaban J connectivity index is 1.71. The van der Waals surface area contributed by atoms with Crippen LogP contribution in [0, 0.1) is 13.8 Å². The zero-order valence-corrected chi connectivity index (χ0v) is 16.0. The molecule has 0 spiro atoms. The van der Waals surface area contributed by atoms with Crippen LogP contribution < -0.4 is 5.43 Å². The lowest BCUT2D eigenvalue weighted by atomic mass is 10.0. The summed E-state index contributed by atoms with van der Waals surface area (Å²) < 4.78 is 0. The maximum absolute atomic E-state index is 12.3. The van der Waals surface area contributed by atoms with Crippen LogP contribution in [0.25, 0.3) is 0 Å². The Hall–Kier alpha value is -2.99. The topological polar surface area (TPSA) is 67.2 Å². The first kappa shape index (κ1) is 18.8. The number of hydrogen-bond donors (Lipinski definition) is 1. The number of benzene rings is 2. The van der Waals surface area contributed by atoms with Gasteiger partial charge in [0.1, 0.15) is 0 Å². The van der Waals surface area contributed by atoms with E-state index in [2.05, 4.69) is 20.5 Å². The smallest absolute Gasteiger partial charge is 0.250 e. The minimum atomic E-state index is -0.202. The third-order valence-corrected chi connectivity index (χ3v) is 4.53. The van der Waals surface area contributed by atoms with Crippen LogP contribution in [0.15, 0.2) is 77.0 Å². The van der Waals surface area contributed by atoms with E-state index in [0.717, 1.165) is 28.2 Å². The second-order valence-corrected chi connectivity index (χ2v) is 6.89. The maximum atomic E-state index is 12.3. The molecule has 3 rings (SSSR count). The van der Waals surface area contributed by atoms with Gasteiger partial charge in [-0.05, 0) is 19.9 Å². The molecule has 5 nitrogen and oxygen atoms in total. The minimum Gasteiger partial charge on any atom is -0.272 e. The van der Waals surface area contributed by atoms with E-state index < -0.39 is 0 Å². The molecule has 0 bridgehead atoms. The van der Waals surface area contributed by atoms with Crippen molar-refractivity contribution in [2.75, 3.05) is 5.75 Å². The number of aromatic nitrogens is 2. The number of amides is 1. The van der Waals surface area contributed by atoms with E-state index in [-0.39, 0.29) is 11.7 Å². The first-order valence-corrected chi connectivity index (χ1v) is 9.53. The highest BCUT2D eigenvalue weighted by molar-refractivity contribution is 7.99. The first-order valence-electron chi connectivity index (χ1n) is 8.54. The molecule has 1 N–H and O–H groups in total. The highest BCUT2D eigenvalue weighted by atomic mass is 32.2. The van der Waals surface area contributed by atoms with Gasteiger partial charge in [-0.1, -0.05) is 72.4 Å². The summed E-state index contributed by atoms with van der Waals surface area (Å²) >= 11 is 1.30. The van der Waals surface area contributed by atoms with Crippen LogP contribution in [-0.2, 0) is 4.79 Å². The zero-order valence-electron chi connectivity index (χ0n) is 15.2. The molecule has 0 aliphatic rings. The highest BCUT2D eigenvalue weighted by Crippen LogP contribution is 2.14. The van der Waals surface area contributed by atoms with E-state index in [0.29, 0.717) is 5.16 Å². The Morgan fingerprint density at radius 2 is 1.44 bits per heavy atom. The molecular weight excluding hydrogens is 356 g/mol. The summed E-state index contributed by atoms with van der Waals surface area (Å²) in [6, 6.07) is 21.5. The lowest BCUT2D eigenvalue weighted by molar-refractivity contribution is -0.118. The van der Waals surface area contributed by atoms with E-state index in [4.69, 9.17) is 0 Å². The zero-order chi connectivity index (χ0) is 19.1. The van der Waals surface area contributed by atoms with Crippen LogP contribution in [0.4, 0.5) is 0 Å². The number of thioether (sulfide) groups is 1. The van der Waals surface area contributed by atoms with Gasteiger partial charge in [0.2, 0.25) is 0 Å². The van der Waals surface area contributed by atoms with Crippen LogP contribution in [0.5, 0.6) is 0 Å². The Kier molecular flexibility index (Phi) is 6.33.